The van der Waals surface area contributed by atoms with Crippen molar-refractivity contribution in [2.75, 3.05) is 0 Å². The van der Waals surface area contributed by atoms with Gasteiger partial charge in [0.1, 0.15) is 5.75 Å². The number of carbonyl (C=O) groups excluding carboxylic acids is 1. The molecule has 0 aliphatic heterocycles. The summed E-state index contributed by atoms with van der Waals surface area (Å²) in [5.41, 5.74) is 2.98. The molecule has 5 nitrogen and oxygen atoms in total. The number of nitrogens with one attached hydrogen (secondary N) is 1. The van der Waals surface area contributed by atoms with Crippen molar-refractivity contribution in [2.24, 2.45) is 11.3 Å². The summed E-state index contributed by atoms with van der Waals surface area (Å²) >= 11 is 1.56. The first kappa shape index (κ1) is 21.7. The molecule has 0 atom stereocenters. The van der Waals surface area contributed by atoms with Crippen molar-refractivity contribution in [2.45, 2.75) is 45.6 Å². The average molecular weight is 462 g/mol. The predicted molar refractivity (Wildman–Crippen MR) is 129 cm³/mol. The quantitative estimate of drug-likeness (QED) is 0.458. The summed E-state index contributed by atoms with van der Waals surface area (Å²) in [6.07, 6.45) is 3.20. The fraction of sp³-hybridized carbons (Fsp3) is 0.333. The first-order chi connectivity index (χ1) is 15.8. The third-order valence-corrected chi connectivity index (χ3v) is 8.02. The van der Waals surface area contributed by atoms with Gasteiger partial charge in [-0.25, -0.2) is 0 Å². The van der Waals surface area contributed by atoms with Gasteiger partial charge >= 0.3 is 5.97 Å². The van der Waals surface area contributed by atoms with E-state index in [1.807, 2.05) is 56.3 Å². The zero-order valence-electron chi connectivity index (χ0n) is 18.8. The Morgan fingerprint density at radius 1 is 0.939 bits per heavy atom. The van der Waals surface area contributed by atoms with Crippen LogP contribution in [-0.4, -0.2) is 23.0 Å². The molecule has 1 heterocycles. The van der Waals surface area contributed by atoms with Gasteiger partial charge in [-0.15, -0.1) is 11.3 Å². The molecule has 170 valence electrons. The lowest BCUT2D eigenvalue weighted by Crippen LogP contribution is -2.57. The minimum absolute atomic E-state index is 0.102. The molecular formula is C27H27NO4S. The Balaban J connectivity index is 1.26. The maximum atomic E-state index is 13.1. The number of carbonyl (C=O) groups is 2. The lowest BCUT2D eigenvalue weighted by Gasteiger charge is -2.56. The lowest BCUT2D eigenvalue weighted by atomic mass is 9.50. The number of benzene rings is 2. The summed E-state index contributed by atoms with van der Waals surface area (Å²) in [7, 11) is 0. The van der Waals surface area contributed by atoms with Crippen LogP contribution in [0.5, 0.6) is 11.5 Å². The highest BCUT2D eigenvalue weighted by Gasteiger charge is 2.55. The van der Waals surface area contributed by atoms with E-state index in [4.69, 9.17) is 9.84 Å². The molecule has 0 bridgehead atoms. The topological polar surface area (TPSA) is 75.6 Å². The third kappa shape index (κ3) is 4.15. The van der Waals surface area contributed by atoms with Crippen molar-refractivity contribution < 1.29 is 19.4 Å². The first-order valence-corrected chi connectivity index (χ1v) is 12.1. The molecule has 0 radical (unpaired) electrons. The normalized spacial score (nSPS) is 23.5. The van der Waals surface area contributed by atoms with Crippen molar-refractivity contribution in [1.29, 1.82) is 0 Å². The SMILES string of the molecule is Cc1sc(C)c(C(=O)NC2CC3(C2)CC(C(=O)O)C3)c1Oc1ccc(-c2ccccc2)cc1. The molecule has 2 fully saturated rings. The fourth-order valence-electron chi connectivity index (χ4n) is 5.35. The highest BCUT2D eigenvalue weighted by Crippen LogP contribution is 2.58. The van der Waals surface area contributed by atoms with Crippen LogP contribution in [0, 0.1) is 25.2 Å². The van der Waals surface area contributed by atoms with Crippen LogP contribution in [0.1, 0.15) is 45.8 Å². The number of rotatable bonds is 6. The van der Waals surface area contributed by atoms with Gasteiger partial charge in [0.2, 0.25) is 0 Å². The Kier molecular flexibility index (Phi) is 5.49. The second-order valence-corrected chi connectivity index (χ2v) is 10.9. The summed E-state index contributed by atoms with van der Waals surface area (Å²) in [6, 6.07) is 18.2. The van der Waals surface area contributed by atoms with Gasteiger partial charge in [-0.1, -0.05) is 42.5 Å². The van der Waals surface area contributed by atoms with Crippen molar-refractivity contribution in [1.82, 2.24) is 5.32 Å². The molecule has 2 aliphatic carbocycles. The zero-order chi connectivity index (χ0) is 23.2. The van der Waals surface area contributed by atoms with Gasteiger partial charge in [0.25, 0.3) is 5.91 Å². The number of amides is 1. The molecule has 6 heteroatoms. The molecule has 3 aromatic rings. The summed E-state index contributed by atoms with van der Waals surface area (Å²) in [4.78, 5) is 26.1. The van der Waals surface area contributed by atoms with Crippen molar-refractivity contribution >= 4 is 23.2 Å². The van der Waals surface area contributed by atoms with Crippen LogP contribution in [0.15, 0.2) is 54.6 Å². The van der Waals surface area contributed by atoms with Gasteiger partial charge < -0.3 is 15.2 Å². The van der Waals surface area contributed by atoms with Gasteiger partial charge in [0, 0.05) is 15.8 Å². The molecule has 2 saturated carbocycles. The Morgan fingerprint density at radius 3 is 2.21 bits per heavy atom. The second kappa shape index (κ2) is 8.34. The number of hydrogen-bond acceptors (Lipinski definition) is 4. The van der Waals surface area contributed by atoms with E-state index in [9.17, 15) is 9.59 Å². The van der Waals surface area contributed by atoms with Crippen LogP contribution < -0.4 is 10.1 Å². The number of ether oxygens (including phenoxy) is 1. The number of carboxylic acids is 1. The molecule has 2 aromatic carbocycles. The van der Waals surface area contributed by atoms with Gasteiger partial charge in [0.15, 0.2) is 5.75 Å². The number of hydrogen-bond donors (Lipinski definition) is 2. The van der Waals surface area contributed by atoms with E-state index in [0.29, 0.717) is 17.1 Å². The predicted octanol–water partition coefficient (Wildman–Crippen LogP) is 6.20. The van der Waals surface area contributed by atoms with Gasteiger partial charge in [-0.05, 0) is 68.2 Å². The van der Waals surface area contributed by atoms with E-state index >= 15 is 0 Å². The van der Waals surface area contributed by atoms with Crippen LogP contribution >= 0.6 is 11.3 Å². The van der Waals surface area contributed by atoms with E-state index in [1.165, 1.54) is 0 Å². The third-order valence-electron chi connectivity index (χ3n) is 7.02. The van der Waals surface area contributed by atoms with Gasteiger partial charge in [-0.2, -0.15) is 0 Å². The monoisotopic (exact) mass is 461 g/mol. The smallest absolute Gasteiger partial charge is 0.306 e. The van der Waals surface area contributed by atoms with E-state index in [0.717, 1.165) is 46.6 Å². The zero-order valence-corrected chi connectivity index (χ0v) is 19.6. The van der Waals surface area contributed by atoms with Crippen molar-refractivity contribution in [3.8, 4) is 22.6 Å². The van der Waals surface area contributed by atoms with Crippen LogP contribution in [0.4, 0.5) is 0 Å². The average Bonchev–Trinajstić information content (AvgIpc) is 3.02. The number of carboxylic acid groups (broad SMARTS) is 1. The molecule has 2 aliphatic rings. The minimum Gasteiger partial charge on any atom is -0.481 e. The van der Waals surface area contributed by atoms with Crippen molar-refractivity contribution in [3.05, 3.63) is 69.9 Å². The number of aliphatic carboxylic acids is 1. The highest BCUT2D eigenvalue weighted by atomic mass is 32.1. The second-order valence-electron chi connectivity index (χ2n) is 9.43. The molecule has 5 rings (SSSR count). The van der Waals surface area contributed by atoms with Crippen LogP contribution in [0.25, 0.3) is 11.1 Å². The van der Waals surface area contributed by atoms with Crippen LogP contribution in [0.2, 0.25) is 0 Å². The van der Waals surface area contributed by atoms with Crippen LogP contribution in [-0.2, 0) is 4.79 Å². The summed E-state index contributed by atoms with van der Waals surface area (Å²) < 4.78 is 6.20. The maximum Gasteiger partial charge on any atom is 0.306 e. The number of aryl methyl sites for hydroxylation is 2. The van der Waals surface area contributed by atoms with E-state index in [2.05, 4.69) is 17.4 Å². The molecule has 0 saturated heterocycles. The van der Waals surface area contributed by atoms with Gasteiger partial charge in [0.05, 0.1) is 11.5 Å². The molecule has 1 spiro atoms. The van der Waals surface area contributed by atoms with E-state index < -0.39 is 5.97 Å². The fourth-order valence-corrected chi connectivity index (χ4v) is 6.33. The Hall–Kier alpha value is -3.12. The van der Waals surface area contributed by atoms with Gasteiger partial charge in [-0.3, -0.25) is 9.59 Å². The Labute approximate surface area is 197 Å². The standard InChI is InChI=1S/C27H27NO4S/c1-16-23(25(29)28-21-14-27(15-21)12-20(13-27)26(30)31)24(17(2)33-16)32-22-10-8-19(9-11-22)18-6-4-3-5-7-18/h3-11,20-21H,12-15H2,1-2H3,(H,28,29)(H,30,31). The van der Waals surface area contributed by atoms with Crippen molar-refractivity contribution in [3.63, 3.8) is 0 Å². The minimum atomic E-state index is -0.698. The largest absolute Gasteiger partial charge is 0.481 e. The molecule has 1 aromatic heterocycles. The molecular weight excluding hydrogens is 434 g/mol. The first-order valence-electron chi connectivity index (χ1n) is 11.3. The molecule has 33 heavy (non-hydrogen) atoms. The lowest BCUT2D eigenvalue weighted by molar-refractivity contribution is -0.155. The highest BCUT2D eigenvalue weighted by molar-refractivity contribution is 7.12. The summed E-state index contributed by atoms with van der Waals surface area (Å²) in [5, 5.41) is 12.3. The van der Waals surface area contributed by atoms with Crippen LogP contribution in [0.3, 0.4) is 0 Å². The Bertz CT molecular complexity index is 1180. The molecule has 2 N–H and O–H groups in total. The molecule has 1 amide bonds. The summed E-state index contributed by atoms with van der Waals surface area (Å²) in [5.74, 6) is 0.294. The summed E-state index contributed by atoms with van der Waals surface area (Å²) in [6.45, 7) is 3.92. The van der Waals surface area contributed by atoms with E-state index in [-0.39, 0.29) is 23.3 Å². The maximum absolute atomic E-state index is 13.1. The van der Waals surface area contributed by atoms with E-state index in [1.54, 1.807) is 11.3 Å². The Morgan fingerprint density at radius 2 is 1.58 bits per heavy atom. The molecule has 0 unspecified atom stereocenters. The number of thiophene rings is 1.